The molecule has 0 aromatic heterocycles. The topological polar surface area (TPSA) is 21.3 Å². The van der Waals surface area contributed by atoms with Gasteiger partial charge in [-0.2, -0.15) is 0 Å². The maximum atomic E-state index is 6.07. The summed E-state index contributed by atoms with van der Waals surface area (Å²) in [4.78, 5) is 0. The van der Waals surface area contributed by atoms with Crippen LogP contribution in [-0.2, 0) is 6.42 Å². The van der Waals surface area contributed by atoms with E-state index in [1.165, 1.54) is 11.1 Å². The van der Waals surface area contributed by atoms with Gasteiger partial charge in [-0.25, -0.2) is 0 Å². The second-order valence-corrected chi connectivity index (χ2v) is 5.31. The van der Waals surface area contributed by atoms with Crippen LogP contribution in [0.4, 0.5) is 0 Å². The van der Waals surface area contributed by atoms with Crippen LogP contribution < -0.4 is 10.1 Å². The van der Waals surface area contributed by atoms with Crippen LogP contribution in [0.5, 0.6) is 11.5 Å². The Kier molecular flexibility index (Phi) is 5.82. The molecule has 2 aromatic carbocycles. The average Bonchev–Trinajstić information content (AvgIpc) is 2.53. The number of ether oxygens (including phenoxy) is 1. The molecule has 21 heavy (non-hydrogen) atoms. The van der Waals surface area contributed by atoms with Gasteiger partial charge in [0.15, 0.2) is 0 Å². The summed E-state index contributed by atoms with van der Waals surface area (Å²) < 4.78 is 6.07. The van der Waals surface area contributed by atoms with E-state index in [4.69, 9.17) is 4.74 Å². The molecule has 2 rings (SSSR count). The first-order valence-electron chi connectivity index (χ1n) is 7.83. The lowest BCUT2D eigenvalue weighted by Gasteiger charge is -2.15. The fourth-order valence-electron chi connectivity index (χ4n) is 2.35. The van der Waals surface area contributed by atoms with Crippen LogP contribution in [0.3, 0.4) is 0 Å². The number of aryl methyl sites for hydroxylation is 1. The molecule has 0 fully saturated rings. The van der Waals surface area contributed by atoms with E-state index in [-0.39, 0.29) is 0 Å². The van der Waals surface area contributed by atoms with Gasteiger partial charge in [0.05, 0.1) is 0 Å². The van der Waals surface area contributed by atoms with Gasteiger partial charge in [0.2, 0.25) is 0 Å². The molecule has 2 nitrogen and oxygen atoms in total. The summed E-state index contributed by atoms with van der Waals surface area (Å²) in [5, 5.41) is 3.51. The normalized spacial score (nSPS) is 12.1. The number of hydrogen-bond acceptors (Lipinski definition) is 2. The lowest BCUT2D eigenvalue weighted by molar-refractivity contribution is 0.474. The third kappa shape index (κ3) is 4.33. The molecule has 0 bridgehead atoms. The smallest absolute Gasteiger partial charge is 0.130 e. The molecule has 0 aliphatic rings. The molecule has 0 amide bonds. The highest BCUT2D eigenvalue weighted by Crippen LogP contribution is 2.27. The van der Waals surface area contributed by atoms with E-state index in [0.717, 1.165) is 30.9 Å². The van der Waals surface area contributed by atoms with Crippen LogP contribution >= 0.6 is 0 Å². The Balaban J connectivity index is 2.14. The van der Waals surface area contributed by atoms with Crippen molar-refractivity contribution in [2.45, 2.75) is 39.7 Å². The predicted octanol–water partition coefficient (Wildman–Crippen LogP) is 5.10. The van der Waals surface area contributed by atoms with Crippen molar-refractivity contribution >= 4 is 0 Å². The molecule has 112 valence electrons. The minimum Gasteiger partial charge on any atom is -0.457 e. The molecule has 1 unspecified atom stereocenters. The molecule has 0 spiro atoms. The molecule has 0 aliphatic carbocycles. The van der Waals surface area contributed by atoms with Gasteiger partial charge in [-0.05, 0) is 55.6 Å². The van der Waals surface area contributed by atoms with Crippen LogP contribution in [0.15, 0.2) is 48.5 Å². The highest BCUT2D eigenvalue weighted by Gasteiger charge is 2.07. The third-order valence-electron chi connectivity index (χ3n) is 3.64. The molecular weight excluding hydrogens is 258 g/mol. The Labute approximate surface area is 128 Å². The lowest BCUT2D eigenvalue weighted by Crippen LogP contribution is -2.19. The standard InChI is InChI=1S/C19H25NO/c1-4-13-20-15(3)17-10-8-11-18(14-17)21-19-12-7-6-9-16(19)5-2/h6-12,14-15,20H,4-5,13H2,1-3H3. The maximum absolute atomic E-state index is 6.07. The summed E-state index contributed by atoms with van der Waals surface area (Å²) in [7, 11) is 0. The maximum Gasteiger partial charge on any atom is 0.130 e. The summed E-state index contributed by atoms with van der Waals surface area (Å²) in [5.41, 5.74) is 2.50. The van der Waals surface area contributed by atoms with Gasteiger partial charge >= 0.3 is 0 Å². The van der Waals surface area contributed by atoms with Gasteiger partial charge in [-0.15, -0.1) is 0 Å². The highest BCUT2D eigenvalue weighted by atomic mass is 16.5. The summed E-state index contributed by atoms with van der Waals surface area (Å²) in [5.74, 6) is 1.85. The fourth-order valence-corrected chi connectivity index (χ4v) is 2.35. The van der Waals surface area contributed by atoms with Crippen LogP contribution in [0, 0.1) is 0 Å². The average molecular weight is 283 g/mol. The number of rotatable bonds is 7. The van der Waals surface area contributed by atoms with E-state index < -0.39 is 0 Å². The first kappa shape index (κ1) is 15.6. The number of hydrogen-bond donors (Lipinski definition) is 1. The largest absolute Gasteiger partial charge is 0.457 e. The van der Waals surface area contributed by atoms with Crippen LogP contribution in [0.25, 0.3) is 0 Å². The molecule has 0 aliphatic heterocycles. The Bertz CT molecular complexity index is 565. The molecule has 0 radical (unpaired) electrons. The molecule has 1 atom stereocenters. The van der Waals surface area contributed by atoms with Gasteiger partial charge < -0.3 is 10.1 Å². The van der Waals surface area contributed by atoms with E-state index >= 15 is 0 Å². The Morgan fingerprint density at radius 2 is 1.86 bits per heavy atom. The molecule has 0 saturated carbocycles. The quantitative estimate of drug-likeness (QED) is 0.763. The van der Waals surface area contributed by atoms with Crippen LogP contribution in [-0.4, -0.2) is 6.54 Å². The molecule has 2 aromatic rings. The number of benzene rings is 2. The van der Waals surface area contributed by atoms with Gasteiger partial charge in [-0.1, -0.05) is 44.2 Å². The van der Waals surface area contributed by atoms with E-state index in [9.17, 15) is 0 Å². The van der Waals surface area contributed by atoms with E-state index in [0.29, 0.717) is 6.04 Å². The van der Waals surface area contributed by atoms with E-state index in [1.807, 2.05) is 18.2 Å². The van der Waals surface area contributed by atoms with Gasteiger partial charge in [0.25, 0.3) is 0 Å². The molecule has 0 saturated heterocycles. The van der Waals surface area contributed by atoms with Crippen LogP contribution in [0.2, 0.25) is 0 Å². The van der Waals surface area contributed by atoms with Crippen molar-refractivity contribution in [1.29, 1.82) is 0 Å². The summed E-state index contributed by atoms with van der Waals surface area (Å²) >= 11 is 0. The number of para-hydroxylation sites is 1. The predicted molar refractivity (Wildman–Crippen MR) is 89.0 cm³/mol. The van der Waals surface area contributed by atoms with Crippen molar-refractivity contribution in [2.24, 2.45) is 0 Å². The zero-order valence-electron chi connectivity index (χ0n) is 13.2. The van der Waals surface area contributed by atoms with Crippen molar-refractivity contribution in [1.82, 2.24) is 5.32 Å². The van der Waals surface area contributed by atoms with Gasteiger partial charge in [-0.3, -0.25) is 0 Å². The summed E-state index contributed by atoms with van der Waals surface area (Å²) in [6, 6.07) is 16.9. The highest BCUT2D eigenvalue weighted by molar-refractivity contribution is 5.39. The zero-order chi connectivity index (χ0) is 15.1. The minimum atomic E-state index is 0.343. The monoisotopic (exact) mass is 283 g/mol. The molecule has 2 heteroatoms. The van der Waals surface area contributed by atoms with Crippen molar-refractivity contribution in [3.8, 4) is 11.5 Å². The SMILES string of the molecule is CCCNC(C)c1cccc(Oc2ccccc2CC)c1. The number of nitrogens with one attached hydrogen (secondary N) is 1. The van der Waals surface area contributed by atoms with Crippen molar-refractivity contribution < 1.29 is 4.74 Å². The van der Waals surface area contributed by atoms with Gasteiger partial charge in [0.1, 0.15) is 11.5 Å². The molecule has 0 heterocycles. The van der Waals surface area contributed by atoms with Crippen molar-refractivity contribution in [3.05, 3.63) is 59.7 Å². The second kappa shape index (κ2) is 7.84. The summed E-state index contributed by atoms with van der Waals surface area (Å²) in [6.45, 7) is 7.55. The first-order valence-corrected chi connectivity index (χ1v) is 7.83. The molecule has 1 N–H and O–H groups in total. The second-order valence-electron chi connectivity index (χ2n) is 5.31. The van der Waals surface area contributed by atoms with E-state index in [2.05, 4.69) is 56.4 Å². The summed E-state index contributed by atoms with van der Waals surface area (Å²) in [6.07, 6.45) is 2.12. The van der Waals surface area contributed by atoms with Crippen molar-refractivity contribution in [2.75, 3.05) is 6.54 Å². The van der Waals surface area contributed by atoms with Gasteiger partial charge in [0, 0.05) is 6.04 Å². The molecular formula is C19H25NO. The third-order valence-corrected chi connectivity index (χ3v) is 3.64. The van der Waals surface area contributed by atoms with Crippen LogP contribution in [0.1, 0.15) is 44.4 Å². The lowest BCUT2D eigenvalue weighted by atomic mass is 10.1. The van der Waals surface area contributed by atoms with Crippen molar-refractivity contribution in [3.63, 3.8) is 0 Å². The van der Waals surface area contributed by atoms with E-state index in [1.54, 1.807) is 0 Å². The minimum absolute atomic E-state index is 0.343. The zero-order valence-corrected chi connectivity index (χ0v) is 13.2. The fraction of sp³-hybridized carbons (Fsp3) is 0.368. The Morgan fingerprint density at radius 1 is 1.05 bits per heavy atom. The Hall–Kier alpha value is -1.80. The first-order chi connectivity index (χ1) is 10.2. The Morgan fingerprint density at radius 3 is 2.62 bits per heavy atom.